The quantitative estimate of drug-likeness (QED) is 0.919. The third-order valence-corrected chi connectivity index (χ3v) is 4.44. The van der Waals surface area contributed by atoms with Crippen molar-refractivity contribution in [3.05, 3.63) is 29.6 Å². The standard InChI is InChI=1S/C16H23FN2O/c1-2-12(18)8-11-4-3-5-15(17)16(11)19-9-13-6-7-14(10-19)20-13/h3-5,12-14H,2,6-10,18H2,1H3. The van der Waals surface area contributed by atoms with E-state index in [0.29, 0.717) is 0 Å². The number of benzene rings is 1. The molecule has 2 fully saturated rings. The molecule has 2 N–H and O–H groups in total. The Labute approximate surface area is 119 Å². The minimum absolute atomic E-state index is 0.0910. The molecule has 110 valence electrons. The fraction of sp³-hybridized carbons (Fsp3) is 0.625. The minimum Gasteiger partial charge on any atom is -0.371 e. The van der Waals surface area contributed by atoms with Crippen LogP contribution in [0, 0.1) is 5.82 Å². The molecule has 2 bridgehead atoms. The molecule has 3 rings (SSSR count). The number of halogens is 1. The van der Waals surface area contributed by atoms with Crippen molar-refractivity contribution < 1.29 is 9.13 Å². The fourth-order valence-corrected chi connectivity index (χ4v) is 3.30. The van der Waals surface area contributed by atoms with Gasteiger partial charge in [0.1, 0.15) is 5.82 Å². The van der Waals surface area contributed by atoms with E-state index in [4.69, 9.17) is 10.5 Å². The Bertz CT molecular complexity index is 468. The summed E-state index contributed by atoms with van der Waals surface area (Å²) in [5.74, 6) is -0.132. The average Bonchev–Trinajstić information content (AvgIpc) is 2.77. The van der Waals surface area contributed by atoms with Crippen LogP contribution in [0.2, 0.25) is 0 Å². The van der Waals surface area contributed by atoms with Crippen LogP contribution in [0.5, 0.6) is 0 Å². The van der Waals surface area contributed by atoms with Crippen molar-refractivity contribution in [1.29, 1.82) is 0 Å². The number of nitrogens with two attached hydrogens (primary N) is 1. The van der Waals surface area contributed by atoms with Crippen molar-refractivity contribution in [2.75, 3.05) is 18.0 Å². The van der Waals surface area contributed by atoms with Gasteiger partial charge in [0, 0.05) is 19.1 Å². The lowest BCUT2D eigenvalue weighted by Gasteiger charge is -2.35. The molecule has 3 atom stereocenters. The van der Waals surface area contributed by atoms with Gasteiger partial charge in [-0.1, -0.05) is 19.1 Å². The van der Waals surface area contributed by atoms with Gasteiger partial charge in [-0.15, -0.1) is 0 Å². The summed E-state index contributed by atoms with van der Waals surface area (Å²) in [7, 11) is 0. The van der Waals surface area contributed by atoms with Gasteiger partial charge in [0.05, 0.1) is 17.9 Å². The Morgan fingerprint density at radius 1 is 1.35 bits per heavy atom. The lowest BCUT2D eigenvalue weighted by Crippen LogP contribution is -2.43. The van der Waals surface area contributed by atoms with Crippen LogP contribution in [-0.4, -0.2) is 31.3 Å². The topological polar surface area (TPSA) is 38.5 Å². The summed E-state index contributed by atoms with van der Waals surface area (Å²) in [4.78, 5) is 2.17. The van der Waals surface area contributed by atoms with E-state index in [9.17, 15) is 4.39 Å². The fourth-order valence-electron chi connectivity index (χ4n) is 3.30. The number of hydrogen-bond donors (Lipinski definition) is 1. The molecule has 0 amide bonds. The summed E-state index contributed by atoms with van der Waals surface area (Å²) >= 11 is 0. The summed E-state index contributed by atoms with van der Waals surface area (Å²) < 4.78 is 20.2. The first-order valence-corrected chi connectivity index (χ1v) is 7.60. The Morgan fingerprint density at radius 2 is 2.05 bits per heavy atom. The first kappa shape index (κ1) is 13.8. The first-order chi connectivity index (χ1) is 9.67. The number of morpholine rings is 1. The van der Waals surface area contributed by atoms with E-state index in [0.717, 1.165) is 50.0 Å². The molecule has 0 aliphatic carbocycles. The molecule has 1 aromatic carbocycles. The molecule has 0 aromatic heterocycles. The van der Waals surface area contributed by atoms with Crippen molar-refractivity contribution in [2.24, 2.45) is 5.73 Å². The van der Waals surface area contributed by atoms with Crippen LogP contribution in [0.15, 0.2) is 18.2 Å². The summed E-state index contributed by atoms with van der Waals surface area (Å²) in [5, 5.41) is 0. The largest absolute Gasteiger partial charge is 0.371 e. The molecule has 2 saturated heterocycles. The molecule has 4 heteroatoms. The Morgan fingerprint density at radius 3 is 2.70 bits per heavy atom. The van der Waals surface area contributed by atoms with E-state index in [1.807, 2.05) is 6.07 Å². The minimum atomic E-state index is -0.132. The van der Waals surface area contributed by atoms with Gasteiger partial charge < -0.3 is 15.4 Å². The van der Waals surface area contributed by atoms with E-state index < -0.39 is 0 Å². The first-order valence-electron chi connectivity index (χ1n) is 7.60. The van der Waals surface area contributed by atoms with E-state index in [1.54, 1.807) is 12.1 Å². The normalized spacial score (nSPS) is 26.9. The SMILES string of the molecule is CCC(N)Cc1cccc(F)c1N1CC2CCC(C1)O2. The van der Waals surface area contributed by atoms with Crippen molar-refractivity contribution in [3.8, 4) is 0 Å². The number of rotatable bonds is 4. The summed E-state index contributed by atoms with van der Waals surface area (Å²) in [5.41, 5.74) is 7.83. The van der Waals surface area contributed by atoms with Crippen LogP contribution in [0.4, 0.5) is 10.1 Å². The molecule has 0 spiro atoms. The van der Waals surface area contributed by atoms with Crippen LogP contribution in [0.25, 0.3) is 0 Å². The van der Waals surface area contributed by atoms with E-state index in [-0.39, 0.29) is 24.1 Å². The van der Waals surface area contributed by atoms with Crippen molar-refractivity contribution in [2.45, 2.75) is 50.9 Å². The predicted molar refractivity (Wildman–Crippen MR) is 78.5 cm³/mol. The van der Waals surface area contributed by atoms with Gasteiger partial charge in [0.15, 0.2) is 0 Å². The summed E-state index contributed by atoms with van der Waals surface area (Å²) in [6.45, 7) is 3.66. The molecule has 20 heavy (non-hydrogen) atoms. The molecule has 0 saturated carbocycles. The Hall–Kier alpha value is -1.13. The number of para-hydroxylation sites is 1. The molecular weight excluding hydrogens is 255 g/mol. The van der Waals surface area contributed by atoms with Crippen LogP contribution in [0.3, 0.4) is 0 Å². The molecule has 3 nitrogen and oxygen atoms in total. The molecule has 1 aromatic rings. The highest BCUT2D eigenvalue weighted by atomic mass is 19.1. The lowest BCUT2D eigenvalue weighted by molar-refractivity contribution is 0.0302. The van der Waals surface area contributed by atoms with Gasteiger partial charge in [-0.25, -0.2) is 4.39 Å². The van der Waals surface area contributed by atoms with Gasteiger partial charge in [-0.05, 0) is 37.3 Å². The number of fused-ring (bicyclic) bond motifs is 2. The lowest BCUT2D eigenvalue weighted by atomic mass is 10.0. The maximum atomic E-state index is 14.3. The monoisotopic (exact) mass is 278 g/mol. The van der Waals surface area contributed by atoms with Crippen LogP contribution < -0.4 is 10.6 Å². The maximum Gasteiger partial charge on any atom is 0.146 e. The zero-order valence-electron chi connectivity index (χ0n) is 12.0. The summed E-state index contributed by atoms with van der Waals surface area (Å²) in [6.07, 6.45) is 4.36. The third-order valence-electron chi connectivity index (χ3n) is 4.44. The average molecular weight is 278 g/mol. The number of hydrogen-bond acceptors (Lipinski definition) is 3. The smallest absolute Gasteiger partial charge is 0.146 e. The van der Waals surface area contributed by atoms with Crippen molar-refractivity contribution >= 4 is 5.69 Å². The van der Waals surface area contributed by atoms with Crippen molar-refractivity contribution in [3.63, 3.8) is 0 Å². The van der Waals surface area contributed by atoms with Crippen LogP contribution >= 0.6 is 0 Å². The molecule has 0 radical (unpaired) electrons. The number of ether oxygens (including phenoxy) is 1. The van der Waals surface area contributed by atoms with Gasteiger partial charge in [-0.2, -0.15) is 0 Å². The molecule has 2 heterocycles. The Balaban J connectivity index is 1.87. The van der Waals surface area contributed by atoms with Crippen molar-refractivity contribution in [1.82, 2.24) is 0 Å². The number of nitrogens with zero attached hydrogens (tertiary/aromatic N) is 1. The summed E-state index contributed by atoms with van der Waals surface area (Å²) in [6, 6.07) is 5.43. The highest BCUT2D eigenvalue weighted by Gasteiger charge is 2.35. The van der Waals surface area contributed by atoms with E-state index in [2.05, 4.69) is 11.8 Å². The second-order valence-electron chi connectivity index (χ2n) is 5.98. The van der Waals surface area contributed by atoms with Gasteiger partial charge in [0.2, 0.25) is 0 Å². The molecule has 3 unspecified atom stereocenters. The zero-order chi connectivity index (χ0) is 14.1. The molecule has 2 aliphatic heterocycles. The van der Waals surface area contributed by atoms with E-state index >= 15 is 0 Å². The second kappa shape index (κ2) is 5.70. The maximum absolute atomic E-state index is 14.3. The highest BCUT2D eigenvalue weighted by Crippen LogP contribution is 2.33. The zero-order valence-corrected chi connectivity index (χ0v) is 12.0. The predicted octanol–water partition coefficient (Wildman–Crippen LogP) is 2.47. The van der Waals surface area contributed by atoms with Gasteiger partial charge >= 0.3 is 0 Å². The third kappa shape index (κ3) is 2.67. The van der Waals surface area contributed by atoms with Crippen LogP contribution in [0.1, 0.15) is 31.7 Å². The second-order valence-corrected chi connectivity index (χ2v) is 5.98. The Kier molecular flexibility index (Phi) is 3.94. The van der Waals surface area contributed by atoms with Crippen LogP contribution in [-0.2, 0) is 11.2 Å². The molecular formula is C16H23FN2O. The van der Waals surface area contributed by atoms with E-state index in [1.165, 1.54) is 0 Å². The number of anilines is 1. The van der Waals surface area contributed by atoms with Gasteiger partial charge in [-0.3, -0.25) is 0 Å². The molecule has 2 aliphatic rings. The van der Waals surface area contributed by atoms with Gasteiger partial charge in [0.25, 0.3) is 0 Å². The highest BCUT2D eigenvalue weighted by molar-refractivity contribution is 5.56.